The van der Waals surface area contributed by atoms with E-state index in [4.69, 9.17) is 16.3 Å². The second-order valence-electron chi connectivity index (χ2n) is 6.07. The fraction of sp³-hybridized carbons (Fsp3) is 0.211. The van der Waals surface area contributed by atoms with Gasteiger partial charge in [0.1, 0.15) is 17.2 Å². The highest BCUT2D eigenvalue weighted by Gasteiger charge is 2.37. The Morgan fingerprint density at radius 2 is 1.78 bits per heavy atom. The fourth-order valence-corrected chi connectivity index (χ4v) is 3.23. The summed E-state index contributed by atoms with van der Waals surface area (Å²) in [6, 6.07) is 11.4. The molecule has 0 saturated heterocycles. The minimum atomic E-state index is -0.798. The lowest BCUT2D eigenvalue weighted by Gasteiger charge is -2.36. The number of carbonyl (C=O) groups is 1. The van der Waals surface area contributed by atoms with Crippen molar-refractivity contribution in [1.82, 2.24) is 0 Å². The van der Waals surface area contributed by atoms with E-state index in [-0.39, 0.29) is 11.6 Å². The molecule has 4 heteroatoms. The highest BCUT2D eigenvalue weighted by atomic mass is 35.5. The van der Waals surface area contributed by atoms with Gasteiger partial charge in [0.2, 0.25) is 0 Å². The minimum Gasteiger partial charge on any atom is -0.482 e. The topological polar surface area (TPSA) is 26.3 Å². The standard InChI is InChI=1S/C19H16ClFO2/c1-11(22)18-17(12-4-7-14(21)8-5-12)15-9-6-13(20)10-16(15)23-19(18,2)3/h4-10H,1-3H3. The van der Waals surface area contributed by atoms with Gasteiger partial charge in [0.15, 0.2) is 5.78 Å². The van der Waals surface area contributed by atoms with Crippen LogP contribution < -0.4 is 4.74 Å². The zero-order valence-corrected chi connectivity index (χ0v) is 13.9. The number of carbonyl (C=O) groups excluding carboxylic acids is 1. The van der Waals surface area contributed by atoms with Crippen LogP contribution in [0.3, 0.4) is 0 Å². The lowest BCUT2D eigenvalue weighted by Crippen LogP contribution is -2.37. The Balaban J connectivity index is 2.36. The van der Waals surface area contributed by atoms with Crippen molar-refractivity contribution < 1.29 is 13.9 Å². The van der Waals surface area contributed by atoms with Gasteiger partial charge in [0, 0.05) is 21.7 Å². The summed E-state index contributed by atoms with van der Waals surface area (Å²) < 4.78 is 19.3. The Morgan fingerprint density at radius 1 is 1.13 bits per heavy atom. The smallest absolute Gasteiger partial charge is 0.160 e. The summed E-state index contributed by atoms with van der Waals surface area (Å²) >= 11 is 6.07. The molecular weight excluding hydrogens is 315 g/mol. The van der Waals surface area contributed by atoms with Crippen LogP contribution in [0.1, 0.15) is 31.9 Å². The maximum Gasteiger partial charge on any atom is 0.160 e. The lowest BCUT2D eigenvalue weighted by molar-refractivity contribution is -0.115. The number of hydrogen-bond donors (Lipinski definition) is 0. The number of Topliss-reactive ketones (excluding diaryl/α,β-unsaturated/α-hetero) is 1. The first-order chi connectivity index (χ1) is 10.8. The van der Waals surface area contributed by atoms with Gasteiger partial charge in [-0.3, -0.25) is 4.79 Å². The Morgan fingerprint density at radius 3 is 2.39 bits per heavy atom. The van der Waals surface area contributed by atoms with Crippen molar-refractivity contribution >= 4 is 23.0 Å². The largest absolute Gasteiger partial charge is 0.482 e. The van der Waals surface area contributed by atoms with Gasteiger partial charge < -0.3 is 4.74 Å². The maximum atomic E-state index is 13.3. The third kappa shape index (κ3) is 2.77. The Hall–Kier alpha value is -2.13. The molecule has 1 aliphatic rings. The van der Waals surface area contributed by atoms with E-state index < -0.39 is 5.60 Å². The highest BCUT2D eigenvalue weighted by molar-refractivity contribution is 6.30. The van der Waals surface area contributed by atoms with Gasteiger partial charge in [0.25, 0.3) is 0 Å². The predicted molar refractivity (Wildman–Crippen MR) is 89.3 cm³/mol. The van der Waals surface area contributed by atoms with Crippen LogP contribution in [0.15, 0.2) is 48.0 Å². The van der Waals surface area contributed by atoms with E-state index in [1.165, 1.54) is 19.1 Å². The molecule has 0 N–H and O–H groups in total. The van der Waals surface area contributed by atoms with Crippen LogP contribution in [-0.2, 0) is 4.79 Å². The van der Waals surface area contributed by atoms with Gasteiger partial charge in [-0.05, 0) is 56.7 Å². The molecule has 1 aliphatic heterocycles. The van der Waals surface area contributed by atoms with Crippen molar-refractivity contribution in [1.29, 1.82) is 0 Å². The Labute approximate surface area is 139 Å². The molecule has 23 heavy (non-hydrogen) atoms. The predicted octanol–water partition coefficient (Wildman–Crippen LogP) is 5.04. The van der Waals surface area contributed by atoms with Crippen molar-refractivity contribution in [2.75, 3.05) is 0 Å². The zero-order chi connectivity index (χ0) is 16.8. The average molecular weight is 331 g/mol. The summed E-state index contributed by atoms with van der Waals surface area (Å²) in [5, 5.41) is 0.560. The van der Waals surface area contributed by atoms with Gasteiger partial charge in [0.05, 0.1) is 0 Å². The molecule has 3 rings (SSSR count). The van der Waals surface area contributed by atoms with Crippen LogP contribution in [0.25, 0.3) is 5.57 Å². The van der Waals surface area contributed by atoms with Crippen LogP contribution >= 0.6 is 11.6 Å². The summed E-state index contributed by atoms with van der Waals surface area (Å²) in [5.41, 5.74) is 2.09. The molecule has 0 radical (unpaired) electrons. The molecule has 0 saturated carbocycles. The summed E-state index contributed by atoms with van der Waals surface area (Å²) in [5.74, 6) is 0.225. The minimum absolute atomic E-state index is 0.0741. The van der Waals surface area contributed by atoms with Crippen LogP contribution in [0, 0.1) is 5.82 Å². The molecule has 0 aliphatic carbocycles. The fourth-order valence-electron chi connectivity index (χ4n) is 3.07. The van der Waals surface area contributed by atoms with Crippen LogP contribution in [0.5, 0.6) is 5.75 Å². The summed E-state index contributed by atoms with van der Waals surface area (Å²) in [7, 11) is 0. The number of ether oxygens (including phenoxy) is 1. The number of benzene rings is 2. The summed E-state index contributed by atoms with van der Waals surface area (Å²) in [6.45, 7) is 5.21. The second kappa shape index (κ2) is 5.50. The van der Waals surface area contributed by atoms with Crippen molar-refractivity contribution in [2.45, 2.75) is 26.4 Å². The maximum absolute atomic E-state index is 13.3. The second-order valence-corrected chi connectivity index (χ2v) is 6.50. The average Bonchev–Trinajstić information content (AvgIpc) is 2.45. The number of hydrogen-bond acceptors (Lipinski definition) is 2. The molecular formula is C19H16ClFO2. The van der Waals surface area contributed by atoms with E-state index in [0.717, 1.165) is 16.7 Å². The first kappa shape index (κ1) is 15.8. The van der Waals surface area contributed by atoms with Crippen molar-refractivity contribution in [3.63, 3.8) is 0 Å². The Kier molecular flexibility index (Phi) is 3.77. The summed E-state index contributed by atoms with van der Waals surface area (Å²) in [4.78, 5) is 12.3. The molecule has 0 spiro atoms. The van der Waals surface area contributed by atoms with Crippen molar-refractivity contribution in [3.05, 3.63) is 70.0 Å². The molecule has 0 atom stereocenters. The molecule has 2 aromatic rings. The van der Waals surface area contributed by atoms with E-state index in [0.29, 0.717) is 16.3 Å². The first-order valence-electron chi connectivity index (χ1n) is 7.30. The monoisotopic (exact) mass is 330 g/mol. The molecule has 0 amide bonds. The van der Waals surface area contributed by atoms with Gasteiger partial charge in [-0.25, -0.2) is 4.39 Å². The first-order valence-corrected chi connectivity index (χ1v) is 7.68. The SMILES string of the molecule is CC(=O)C1=C(c2ccc(F)cc2)c2ccc(Cl)cc2OC1(C)C. The van der Waals surface area contributed by atoms with Crippen molar-refractivity contribution in [3.8, 4) is 5.75 Å². The molecule has 2 aromatic carbocycles. The van der Waals surface area contributed by atoms with Crippen LogP contribution in [0.4, 0.5) is 4.39 Å². The van der Waals surface area contributed by atoms with Crippen LogP contribution in [-0.4, -0.2) is 11.4 Å². The van der Waals surface area contributed by atoms with E-state index in [9.17, 15) is 9.18 Å². The highest BCUT2D eigenvalue weighted by Crippen LogP contribution is 2.45. The molecule has 0 unspecified atom stereocenters. The molecule has 0 aromatic heterocycles. The van der Waals surface area contributed by atoms with Gasteiger partial charge >= 0.3 is 0 Å². The number of fused-ring (bicyclic) bond motifs is 1. The zero-order valence-electron chi connectivity index (χ0n) is 13.1. The third-order valence-electron chi connectivity index (χ3n) is 3.92. The molecule has 2 nitrogen and oxygen atoms in total. The number of rotatable bonds is 2. The quantitative estimate of drug-likeness (QED) is 0.771. The summed E-state index contributed by atoms with van der Waals surface area (Å²) in [6.07, 6.45) is 0. The lowest BCUT2D eigenvalue weighted by atomic mass is 9.81. The third-order valence-corrected chi connectivity index (χ3v) is 4.15. The van der Waals surface area contributed by atoms with Gasteiger partial charge in [-0.15, -0.1) is 0 Å². The Bertz CT molecular complexity index is 820. The van der Waals surface area contributed by atoms with E-state index in [2.05, 4.69) is 0 Å². The number of halogens is 2. The molecule has 0 bridgehead atoms. The van der Waals surface area contributed by atoms with Gasteiger partial charge in [-0.1, -0.05) is 23.7 Å². The normalized spacial score (nSPS) is 15.9. The van der Waals surface area contributed by atoms with E-state index in [1.54, 1.807) is 24.3 Å². The van der Waals surface area contributed by atoms with Gasteiger partial charge in [-0.2, -0.15) is 0 Å². The molecule has 1 heterocycles. The number of ketones is 1. The van der Waals surface area contributed by atoms with E-state index >= 15 is 0 Å². The molecule has 118 valence electrons. The van der Waals surface area contributed by atoms with Crippen LogP contribution in [0.2, 0.25) is 5.02 Å². The van der Waals surface area contributed by atoms with E-state index in [1.807, 2.05) is 19.9 Å². The molecule has 0 fully saturated rings. The van der Waals surface area contributed by atoms with Crippen molar-refractivity contribution in [2.24, 2.45) is 0 Å².